The zero-order chi connectivity index (χ0) is 28.8. The first kappa shape index (κ1) is 29.5. The maximum Gasteiger partial charge on any atom is 0.328 e. The average Bonchev–Trinajstić information content (AvgIpc) is 3.64. The SMILES string of the molecule is CCCN(C(=O)N(CCc1ccccc1)C(=O)C1(NC(=O)c2cc3cc(Cl)ccc3s2)CCCC1)C1COCCN1. The minimum absolute atomic E-state index is 0.217. The van der Waals surface area contributed by atoms with Crippen LogP contribution in [-0.2, 0) is 16.0 Å². The molecule has 5 rings (SSSR count). The predicted molar refractivity (Wildman–Crippen MR) is 162 cm³/mol. The minimum atomic E-state index is -1.15. The van der Waals surface area contributed by atoms with Gasteiger partial charge in [0.25, 0.3) is 11.8 Å². The topological polar surface area (TPSA) is 91.0 Å². The molecule has 1 unspecified atom stereocenters. The number of carbonyl (C=O) groups excluding carboxylic acids is 3. The summed E-state index contributed by atoms with van der Waals surface area (Å²) in [6.45, 7) is 4.30. The molecule has 1 saturated carbocycles. The maximum atomic E-state index is 14.5. The van der Waals surface area contributed by atoms with Gasteiger partial charge in [-0.3, -0.25) is 19.8 Å². The largest absolute Gasteiger partial charge is 0.377 e. The van der Waals surface area contributed by atoms with E-state index in [4.69, 9.17) is 16.3 Å². The Bertz CT molecular complexity index is 1370. The third-order valence-corrected chi connectivity index (χ3v) is 9.20. The van der Waals surface area contributed by atoms with Gasteiger partial charge in [0.1, 0.15) is 11.7 Å². The van der Waals surface area contributed by atoms with E-state index in [0.717, 1.165) is 34.9 Å². The zero-order valence-electron chi connectivity index (χ0n) is 23.4. The number of ether oxygens (including phenoxy) is 1. The maximum absolute atomic E-state index is 14.5. The van der Waals surface area contributed by atoms with Crippen molar-refractivity contribution in [3.05, 3.63) is 70.1 Å². The molecule has 8 nitrogen and oxygen atoms in total. The molecule has 4 amide bonds. The van der Waals surface area contributed by atoms with Crippen molar-refractivity contribution in [3.8, 4) is 0 Å². The molecule has 10 heteroatoms. The number of rotatable bonds is 9. The van der Waals surface area contributed by atoms with Crippen molar-refractivity contribution in [1.29, 1.82) is 0 Å². The summed E-state index contributed by atoms with van der Waals surface area (Å²) in [6, 6.07) is 16.8. The number of carbonyl (C=O) groups is 3. The molecular weight excluding hydrogens is 560 g/mol. The van der Waals surface area contributed by atoms with E-state index in [9.17, 15) is 14.4 Å². The van der Waals surface area contributed by atoms with Gasteiger partial charge in [-0.25, -0.2) is 4.79 Å². The van der Waals surface area contributed by atoms with Gasteiger partial charge in [-0.05, 0) is 60.9 Å². The second-order valence-electron chi connectivity index (χ2n) is 10.7. The van der Waals surface area contributed by atoms with Crippen molar-refractivity contribution < 1.29 is 19.1 Å². The third-order valence-electron chi connectivity index (χ3n) is 7.85. The van der Waals surface area contributed by atoms with E-state index in [1.165, 1.54) is 16.2 Å². The Kier molecular flexibility index (Phi) is 9.60. The summed E-state index contributed by atoms with van der Waals surface area (Å²) >= 11 is 7.52. The number of urea groups is 1. The highest BCUT2D eigenvalue weighted by Crippen LogP contribution is 2.34. The number of thiophene rings is 1. The Morgan fingerprint density at radius 3 is 2.59 bits per heavy atom. The molecule has 41 heavy (non-hydrogen) atoms. The Hall–Kier alpha value is -2.98. The number of hydrogen-bond donors (Lipinski definition) is 2. The lowest BCUT2D eigenvalue weighted by atomic mass is 9.94. The number of nitrogens with one attached hydrogen (secondary N) is 2. The van der Waals surface area contributed by atoms with Crippen molar-refractivity contribution in [2.45, 2.75) is 57.2 Å². The summed E-state index contributed by atoms with van der Waals surface area (Å²) < 4.78 is 6.61. The molecule has 1 aliphatic heterocycles. The van der Waals surface area contributed by atoms with Crippen molar-refractivity contribution in [1.82, 2.24) is 20.4 Å². The van der Waals surface area contributed by atoms with Gasteiger partial charge in [0.2, 0.25) is 0 Å². The first-order valence-electron chi connectivity index (χ1n) is 14.4. The Labute approximate surface area is 250 Å². The average molecular weight is 597 g/mol. The summed E-state index contributed by atoms with van der Waals surface area (Å²) in [5.41, 5.74) is -0.112. The summed E-state index contributed by atoms with van der Waals surface area (Å²) in [5, 5.41) is 7.96. The van der Waals surface area contributed by atoms with Crippen molar-refractivity contribution >= 4 is 50.9 Å². The number of amides is 4. The van der Waals surface area contributed by atoms with E-state index in [0.29, 0.717) is 55.5 Å². The fourth-order valence-corrected chi connectivity index (χ4v) is 6.86. The minimum Gasteiger partial charge on any atom is -0.377 e. The highest BCUT2D eigenvalue weighted by molar-refractivity contribution is 7.20. The Morgan fingerprint density at radius 1 is 1.10 bits per heavy atom. The molecule has 1 aliphatic carbocycles. The van der Waals surface area contributed by atoms with Gasteiger partial charge in [0.05, 0.1) is 18.1 Å². The van der Waals surface area contributed by atoms with E-state index in [1.807, 2.05) is 55.5 Å². The number of morpholine rings is 1. The molecule has 2 aliphatic rings. The van der Waals surface area contributed by atoms with Crippen LogP contribution >= 0.6 is 22.9 Å². The number of benzene rings is 2. The molecule has 1 saturated heterocycles. The second-order valence-corrected chi connectivity index (χ2v) is 12.3. The van der Waals surface area contributed by atoms with Gasteiger partial charge >= 0.3 is 6.03 Å². The quantitative estimate of drug-likeness (QED) is 0.343. The van der Waals surface area contributed by atoms with Gasteiger partial charge in [-0.2, -0.15) is 0 Å². The molecule has 2 aromatic carbocycles. The van der Waals surface area contributed by atoms with Gasteiger partial charge < -0.3 is 15.0 Å². The van der Waals surface area contributed by atoms with E-state index in [-0.39, 0.29) is 30.6 Å². The summed E-state index contributed by atoms with van der Waals surface area (Å²) in [4.78, 5) is 45.9. The van der Waals surface area contributed by atoms with Crippen molar-refractivity contribution in [2.24, 2.45) is 0 Å². The van der Waals surface area contributed by atoms with Gasteiger partial charge in [0.15, 0.2) is 0 Å². The molecule has 2 heterocycles. The highest BCUT2D eigenvalue weighted by Gasteiger charge is 2.47. The fourth-order valence-electron chi connectivity index (χ4n) is 5.74. The molecule has 0 radical (unpaired) electrons. The Balaban J connectivity index is 1.43. The van der Waals surface area contributed by atoms with Gasteiger partial charge in [-0.15, -0.1) is 11.3 Å². The molecule has 2 N–H and O–H groups in total. The Morgan fingerprint density at radius 2 is 1.88 bits per heavy atom. The summed E-state index contributed by atoms with van der Waals surface area (Å²) in [7, 11) is 0. The number of imide groups is 1. The molecule has 1 atom stereocenters. The third kappa shape index (κ3) is 6.75. The zero-order valence-corrected chi connectivity index (χ0v) is 24.9. The number of nitrogens with zero attached hydrogens (tertiary/aromatic N) is 2. The van der Waals surface area contributed by atoms with E-state index in [2.05, 4.69) is 10.6 Å². The standard InChI is InChI=1S/C31H37ClN4O4S/c1-2-16-35(27-21-40-18-15-33-27)30(39)36(17-12-22-8-4-3-5-9-22)29(38)31(13-6-7-14-31)34-28(37)26-20-23-19-24(32)10-11-25(23)41-26/h3-5,8-11,19-20,27,33H,2,6-7,12-18,21H2,1H3,(H,34,37). The smallest absolute Gasteiger partial charge is 0.328 e. The van der Waals surface area contributed by atoms with Crippen LogP contribution in [0.2, 0.25) is 5.02 Å². The van der Waals surface area contributed by atoms with Crippen LogP contribution in [0.15, 0.2) is 54.6 Å². The molecule has 1 aromatic heterocycles. The van der Waals surface area contributed by atoms with Crippen LogP contribution in [-0.4, -0.2) is 72.2 Å². The second kappa shape index (κ2) is 13.3. The van der Waals surface area contributed by atoms with Crippen molar-refractivity contribution in [2.75, 3.05) is 32.8 Å². The van der Waals surface area contributed by atoms with E-state index in [1.54, 1.807) is 11.0 Å². The molecule has 0 spiro atoms. The monoisotopic (exact) mass is 596 g/mol. The van der Waals surface area contributed by atoms with Crippen LogP contribution < -0.4 is 10.6 Å². The van der Waals surface area contributed by atoms with E-state index >= 15 is 0 Å². The molecule has 2 fully saturated rings. The van der Waals surface area contributed by atoms with E-state index < -0.39 is 5.54 Å². The number of fused-ring (bicyclic) bond motifs is 1. The highest BCUT2D eigenvalue weighted by atomic mass is 35.5. The lowest BCUT2D eigenvalue weighted by molar-refractivity contribution is -0.135. The molecule has 3 aromatic rings. The fraction of sp³-hybridized carbons (Fsp3) is 0.452. The first-order chi connectivity index (χ1) is 19.9. The number of hydrogen-bond acceptors (Lipinski definition) is 6. The van der Waals surface area contributed by atoms with Crippen LogP contribution in [0.1, 0.15) is 54.3 Å². The predicted octanol–water partition coefficient (Wildman–Crippen LogP) is 5.45. The summed E-state index contributed by atoms with van der Waals surface area (Å²) in [6.07, 6.45) is 3.51. The van der Waals surface area contributed by atoms with Crippen LogP contribution in [0.3, 0.4) is 0 Å². The van der Waals surface area contributed by atoms with Gasteiger partial charge in [-0.1, -0.05) is 61.7 Å². The van der Waals surface area contributed by atoms with Crippen molar-refractivity contribution in [3.63, 3.8) is 0 Å². The molecule has 0 bridgehead atoms. The van der Waals surface area contributed by atoms with Crippen LogP contribution in [0, 0.1) is 0 Å². The first-order valence-corrected chi connectivity index (χ1v) is 15.6. The lowest BCUT2D eigenvalue weighted by Crippen LogP contribution is -2.64. The van der Waals surface area contributed by atoms with Crippen LogP contribution in [0.25, 0.3) is 10.1 Å². The summed E-state index contributed by atoms with van der Waals surface area (Å²) in [5.74, 6) is -0.646. The normalized spacial score (nSPS) is 18.2. The van der Waals surface area contributed by atoms with Crippen LogP contribution in [0.4, 0.5) is 4.79 Å². The van der Waals surface area contributed by atoms with Gasteiger partial charge in [0, 0.05) is 29.4 Å². The number of halogens is 1. The molecular formula is C31H37ClN4O4S. The lowest BCUT2D eigenvalue weighted by Gasteiger charge is -2.40. The van der Waals surface area contributed by atoms with Crippen LogP contribution in [0.5, 0.6) is 0 Å². The molecule has 218 valence electrons.